The molecular weight excluding hydrogens is 239 g/mol. The van der Waals surface area contributed by atoms with Crippen LogP contribution in [0, 0.1) is 5.82 Å². The van der Waals surface area contributed by atoms with Crippen LogP contribution in [0.25, 0.3) is 0 Å². The number of carbonyl (C=O) groups excluding carboxylic acids is 1. The van der Waals surface area contributed by atoms with Gasteiger partial charge >= 0.3 is 0 Å². The number of primary amides is 1. The van der Waals surface area contributed by atoms with Gasteiger partial charge in [-0.15, -0.1) is 0 Å². The molecule has 0 saturated carbocycles. The Balaban J connectivity index is 2.10. The first kappa shape index (κ1) is 12.4. The minimum atomic E-state index is -0.528. The van der Waals surface area contributed by atoms with Gasteiger partial charge in [0.2, 0.25) is 5.91 Å². The predicted octanol–water partition coefficient (Wildman–Crippen LogP) is 1.45. The van der Waals surface area contributed by atoms with Crippen LogP contribution in [0.1, 0.15) is 18.0 Å². The molecule has 3 nitrogen and oxygen atoms in total. The lowest BCUT2D eigenvalue weighted by Crippen LogP contribution is -2.40. The highest BCUT2D eigenvalue weighted by Crippen LogP contribution is 2.21. The number of amides is 1. The van der Waals surface area contributed by atoms with E-state index in [2.05, 4.69) is 5.32 Å². The van der Waals surface area contributed by atoms with E-state index < -0.39 is 11.9 Å². The highest BCUT2D eigenvalue weighted by molar-refractivity contribution is 7.99. The molecule has 0 aromatic heterocycles. The van der Waals surface area contributed by atoms with E-state index >= 15 is 0 Å². The lowest BCUT2D eigenvalue weighted by molar-refractivity contribution is -0.120. The Morgan fingerprint density at radius 2 is 2.18 bits per heavy atom. The van der Waals surface area contributed by atoms with Crippen molar-refractivity contribution < 1.29 is 9.18 Å². The first-order valence-corrected chi connectivity index (χ1v) is 6.71. The molecule has 17 heavy (non-hydrogen) atoms. The third-order valence-corrected chi connectivity index (χ3v) is 3.98. The maximum Gasteiger partial charge on any atom is 0.239 e. The zero-order chi connectivity index (χ0) is 12.3. The van der Waals surface area contributed by atoms with E-state index in [1.165, 1.54) is 12.1 Å². The fourth-order valence-electron chi connectivity index (χ4n) is 1.90. The van der Waals surface area contributed by atoms with Crippen molar-refractivity contribution >= 4 is 17.7 Å². The van der Waals surface area contributed by atoms with E-state index in [0.29, 0.717) is 6.04 Å². The summed E-state index contributed by atoms with van der Waals surface area (Å²) < 4.78 is 12.8. The van der Waals surface area contributed by atoms with Gasteiger partial charge in [-0.1, -0.05) is 12.1 Å². The summed E-state index contributed by atoms with van der Waals surface area (Å²) in [6.45, 7) is 0. The Morgan fingerprint density at radius 1 is 1.47 bits per heavy atom. The van der Waals surface area contributed by atoms with Crippen molar-refractivity contribution in [3.8, 4) is 0 Å². The van der Waals surface area contributed by atoms with Crippen LogP contribution in [0.3, 0.4) is 0 Å². The minimum absolute atomic E-state index is 0.308. The number of hydrogen-bond donors (Lipinski definition) is 2. The molecule has 0 radical (unpaired) electrons. The third kappa shape index (κ3) is 3.20. The molecule has 1 saturated heterocycles. The van der Waals surface area contributed by atoms with E-state index in [4.69, 9.17) is 5.73 Å². The van der Waals surface area contributed by atoms with Crippen LogP contribution in [0.2, 0.25) is 0 Å². The van der Waals surface area contributed by atoms with E-state index in [0.717, 1.165) is 23.5 Å². The molecule has 1 aromatic carbocycles. The third-order valence-electron chi connectivity index (χ3n) is 2.82. The number of halogens is 1. The monoisotopic (exact) mass is 254 g/mol. The van der Waals surface area contributed by atoms with Gasteiger partial charge < -0.3 is 5.73 Å². The molecule has 1 heterocycles. The molecule has 1 aliphatic rings. The highest BCUT2D eigenvalue weighted by atomic mass is 32.2. The fraction of sp³-hybridized carbons (Fsp3) is 0.417. The number of thioether (sulfide) groups is 1. The maximum absolute atomic E-state index is 12.8. The van der Waals surface area contributed by atoms with Crippen molar-refractivity contribution in [1.82, 2.24) is 5.32 Å². The molecule has 92 valence electrons. The fourth-order valence-corrected chi connectivity index (χ4v) is 3.06. The van der Waals surface area contributed by atoms with Crippen LogP contribution in [0.4, 0.5) is 4.39 Å². The van der Waals surface area contributed by atoms with Crippen LogP contribution in [0.15, 0.2) is 24.3 Å². The molecule has 0 spiro atoms. The van der Waals surface area contributed by atoms with Gasteiger partial charge in [-0.05, 0) is 29.9 Å². The standard InChI is InChI=1S/C12H15FN2OS/c13-9-3-1-8(2-4-9)11(12(14)16)15-10-5-6-17-7-10/h1-4,10-11,15H,5-7H2,(H2,14,16). The van der Waals surface area contributed by atoms with E-state index in [9.17, 15) is 9.18 Å². The SMILES string of the molecule is NC(=O)C(NC1CCSC1)c1ccc(F)cc1. The predicted molar refractivity (Wildman–Crippen MR) is 67.2 cm³/mol. The Labute approximate surface area is 104 Å². The second kappa shape index (κ2) is 5.51. The van der Waals surface area contributed by atoms with Gasteiger partial charge in [0, 0.05) is 11.8 Å². The van der Waals surface area contributed by atoms with Crippen molar-refractivity contribution in [3.63, 3.8) is 0 Å². The van der Waals surface area contributed by atoms with Gasteiger partial charge in [0.05, 0.1) is 0 Å². The van der Waals surface area contributed by atoms with Gasteiger partial charge in [0.15, 0.2) is 0 Å². The molecule has 2 rings (SSSR count). The lowest BCUT2D eigenvalue weighted by Gasteiger charge is -2.20. The molecule has 5 heteroatoms. The number of rotatable bonds is 4. The summed E-state index contributed by atoms with van der Waals surface area (Å²) in [5.41, 5.74) is 6.10. The Morgan fingerprint density at radius 3 is 2.71 bits per heavy atom. The molecule has 0 bridgehead atoms. The van der Waals surface area contributed by atoms with Gasteiger partial charge in [0.1, 0.15) is 11.9 Å². The molecule has 1 amide bonds. The summed E-state index contributed by atoms with van der Waals surface area (Å²) >= 11 is 1.86. The van der Waals surface area contributed by atoms with Crippen molar-refractivity contribution in [1.29, 1.82) is 0 Å². The maximum atomic E-state index is 12.8. The van der Waals surface area contributed by atoms with Crippen LogP contribution >= 0.6 is 11.8 Å². The smallest absolute Gasteiger partial charge is 0.239 e. The molecule has 3 N–H and O–H groups in total. The summed E-state index contributed by atoms with van der Waals surface area (Å²) in [6.07, 6.45) is 1.04. The molecular formula is C12H15FN2OS. The van der Waals surface area contributed by atoms with Crippen molar-refractivity contribution in [2.24, 2.45) is 5.73 Å². The topological polar surface area (TPSA) is 55.1 Å². The summed E-state index contributed by atoms with van der Waals surface area (Å²) in [6, 6.07) is 5.66. The average molecular weight is 254 g/mol. The molecule has 2 atom stereocenters. The van der Waals surface area contributed by atoms with Crippen LogP contribution in [0.5, 0.6) is 0 Å². The Bertz CT molecular complexity index is 390. The molecule has 1 aromatic rings. The van der Waals surface area contributed by atoms with E-state index in [1.54, 1.807) is 12.1 Å². The highest BCUT2D eigenvalue weighted by Gasteiger charge is 2.24. The number of nitrogens with one attached hydrogen (secondary N) is 1. The van der Waals surface area contributed by atoms with Gasteiger partial charge in [-0.2, -0.15) is 11.8 Å². The van der Waals surface area contributed by atoms with Crippen molar-refractivity contribution in [2.45, 2.75) is 18.5 Å². The first-order chi connectivity index (χ1) is 8.16. The quantitative estimate of drug-likeness (QED) is 0.855. The van der Waals surface area contributed by atoms with Crippen molar-refractivity contribution in [3.05, 3.63) is 35.6 Å². The zero-order valence-electron chi connectivity index (χ0n) is 9.36. The molecule has 1 aliphatic heterocycles. The normalized spacial score (nSPS) is 21.4. The first-order valence-electron chi connectivity index (χ1n) is 5.55. The van der Waals surface area contributed by atoms with Crippen LogP contribution < -0.4 is 11.1 Å². The van der Waals surface area contributed by atoms with Gasteiger partial charge in [-0.3, -0.25) is 10.1 Å². The average Bonchev–Trinajstić information content (AvgIpc) is 2.80. The summed E-state index contributed by atoms with van der Waals surface area (Å²) in [5, 5.41) is 3.23. The largest absolute Gasteiger partial charge is 0.368 e. The van der Waals surface area contributed by atoms with Crippen LogP contribution in [-0.2, 0) is 4.79 Å². The summed E-state index contributed by atoms with van der Waals surface area (Å²) in [4.78, 5) is 11.4. The van der Waals surface area contributed by atoms with Crippen molar-refractivity contribution in [2.75, 3.05) is 11.5 Å². The number of carbonyl (C=O) groups is 1. The summed E-state index contributed by atoms with van der Waals surface area (Å²) in [5.74, 6) is 1.36. The van der Waals surface area contributed by atoms with Gasteiger partial charge in [-0.25, -0.2) is 4.39 Å². The zero-order valence-corrected chi connectivity index (χ0v) is 10.2. The second-order valence-corrected chi connectivity index (χ2v) is 5.26. The summed E-state index contributed by atoms with van der Waals surface area (Å²) in [7, 11) is 0. The molecule has 0 aliphatic carbocycles. The minimum Gasteiger partial charge on any atom is -0.368 e. The molecule has 1 fully saturated rings. The number of hydrogen-bond acceptors (Lipinski definition) is 3. The van der Waals surface area contributed by atoms with Crippen LogP contribution in [-0.4, -0.2) is 23.5 Å². The Kier molecular flexibility index (Phi) is 4.02. The number of nitrogens with two attached hydrogens (primary N) is 1. The van der Waals surface area contributed by atoms with E-state index in [1.807, 2.05) is 11.8 Å². The molecule has 2 unspecified atom stereocenters. The van der Waals surface area contributed by atoms with E-state index in [-0.39, 0.29) is 5.82 Å². The van der Waals surface area contributed by atoms with Gasteiger partial charge in [0.25, 0.3) is 0 Å². The lowest BCUT2D eigenvalue weighted by atomic mass is 10.0. The second-order valence-electron chi connectivity index (χ2n) is 4.11. The number of benzene rings is 1. The Hall–Kier alpha value is -1.07.